The van der Waals surface area contributed by atoms with Gasteiger partial charge in [0.15, 0.2) is 17.2 Å². The van der Waals surface area contributed by atoms with Gasteiger partial charge in [-0.3, -0.25) is 4.79 Å². The lowest BCUT2D eigenvalue weighted by Crippen LogP contribution is -2.56. The van der Waals surface area contributed by atoms with Crippen LogP contribution < -0.4 is 20.3 Å². The van der Waals surface area contributed by atoms with Crippen LogP contribution in [-0.2, 0) is 14.3 Å². The number of amides is 1. The first-order chi connectivity index (χ1) is 12.0. The summed E-state index contributed by atoms with van der Waals surface area (Å²) in [6.45, 7) is 1.93. The van der Waals surface area contributed by atoms with Crippen LogP contribution >= 0.6 is 11.6 Å². The van der Waals surface area contributed by atoms with Crippen LogP contribution in [0, 0.1) is 0 Å². The largest absolute Gasteiger partial charge is 0.495 e. The second kappa shape index (κ2) is 7.02. The number of methoxy groups -OCH3 is 1. The fourth-order valence-corrected chi connectivity index (χ4v) is 2.92. The highest BCUT2D eigenvalue weighted by atomic mass is 35.5. The van der Waals surface area contributed by atoms with E-state index in [0.29, 0.717) is 17.1 Å². The van der Waals surface area contributed by atoms with Crippen molar-refractivity contribution < 1.29 is 19.1 Å². The van der Waals surface area contributed by atoms with Crippen molar-refractivity contribution >= 4 is 34.5 Å². The second-order valence-corrected chi connectivity index (χ2v) is 5.63. The second-order valence-electron chi connectivity index (χ2n) is 5.28. The number of fused-ring (bicyclic) bond motifs is 1. The number of carbonyl (C=O) groups is 2. The number of anilines is 1. The molecule has 1 aromatic carbocycles. The van der Waals surface area contributed by atoms with E-state index in [1.807, 2.05) is 18.2 Å². The predicted molar refractivity (Wildman–Crippen MR) is 92.4 cm³/mol. The van der Waals surface area contributed by atoms with E-state index in [2.05, 4.69) is 15.6 Å². The Kier molecular flexibility index (Phi) is 4.80. The third kappa shape index (κ3) is 3.25. The van der Waals surface area contributed by atoms with Crippen molar-refractivity contribution in [3.05, 3.63) is 35.7 Å². The summed E-state index contributed by atoms with van der Waals surface area (Å²) in [5.74, 6) is -0.314. The van der Waals surface area contributed by atoms with Gasteiger partial charge in [-0.05, 0) is 30.7 Å². The number of nitrogens with one attached hydrogen (secondary N) is 2. The van der Waals surface area contributed by atoms with Crippen molar-refractivity contribution in [1.29, 1.82) is 0 Å². The molecular formula is C16H17ClN4O4. The number of piperazine rings is 1. The van der Waals surface area contributed by atoms with Crippen LogP contribution in [0.25, 0.3) is 0 Å². The molecule has 0 bridgehead atoms. The molecule has 132 valence electrons. The highest BCUT2D eigenvalue weighted by molar-refractivity contribution is 6.65. The third-order valence-electron chi connectivity index (χ3n) is 3.75. The van der Waals surface area contributed by atoms with Gasteiger partial charge < -0.3 is 25.0 Å². The number of ether oxygens (including phenoxy) is 2. The van der Waals surface area contributed by atoms with Crippen LogP contribution in [-0.4, -0.2) is 43.6 Å². The number of amidine groups is 1. The minimum atomic E-state index is -0.679. The van der Waals surface area contributed by atoms with Crippen molar-refractivity contribution in [1.82, 2.24) is 10.6 Å². The molecule has 1 fully saturated rings. The van der Waals surface area contributed by atoms with Gasteiger partial charge in [-0.1, -0.05) is 12.1 Å². The molecule has 25 heavy (non-hydrogen) atoms. The van der Waals surface area contributed by atoms with E-state index in [0.717, 1.165) is 0 Å². The number of halogens is 1. The van der Waals surface area contributed by atoms with Gasteiger partial charge in [-0.15, -0.1) is 0 Å². The molecule has 2 aliphatic rings. The Balaban J connectivity index is 2.08. The van der Waals surface area contributed by atoms with Crippen molar-refractivity contribution in [3.8, 4) is 5.75 Å². The number of carbonyl (C=O) groups excluding carboxylic acids is 2. The Hall–Kier alpha value is -2.74. The molecule has 1 aromatic rings. The average molecular weight is 365 g/mol. The average Bonchev–Trinajstić information content (AvgIpc) is 2.61. The maximum absolute atomic E-state index is 12.2. The maximum Gasteiger partial charge on any atom is 0.356 e. The van der Waals surface area contributed by atoms with E-state index >= 15 is 0 Å². The normalized spacial score (nSPS) is 19.5. The highest BCUT2D eigenvalue weighted by Crippen LogP contribution is 2.33. The van der Waals surface area contributed by atoms with Crippen LogP contribution in [0.1, 0.15) is 6.92 Å². The summed E-state index contributed by atoms with van der Waals surface area (Å²) in [5.41, 5.74) is 1.03. The predicted octanol–water partition coefficient (Wildman–Crippen LogP) is 0.930. The number of esters is 1. The summed E-state index contributed by atoms with van der Waals surface area (Å²) in [6.07, 6.45) is -0.679. The Labute approximate surface area is 149 Å². The van der Waals surface area contributed by atoms with E-state index < -0.39 is 12.1 Å². The van der Waals surface area contributed by atoms with E-state index in [-0.39, 0.29) is 30.1 Å². The van der Waals surface area contributed by atoms with Crippen LogP contribution in [0.3, 0.4) is 0 Å². The van der Waals surface area contributed by atoms with Gasteiger partial charge in [0, 0.05) is 0 Å². The van der Waals surface area contributed by atoms with Crippen molar-refractivity contribution in [2.75, 3.05) is 25.2 Å². The summed E-state index contributed by atoms with van der Waals surface area (Å²) >= 11 is 6.06. The Morgan fingerprint density at radius 1 is 1.40 bits per heavy atom. The van der Waals surface area contributed by atoms with Gasteiger partial charge in [0.1, 0.15) is 5.75 Å². The molecule has 2 aliphatic heterocycles. The van der Waals surface area contributed by atoms with Crippen molar-refractivity contribution in [2.45, 2.75) is 13.1 Å². The number of para-hydroxylation sites is 2. The van der Waals surface area contributed by atoms with Gasteiger partial charge in [0.25, 0.3) is 0 Å². The number of aliphatic imine (C=N–C) groups is 1. The van der Waals surface area contributed by atoms with Crippen molar-refractivity contribution in [2.24, 2.45) is 4.99 Å². The molecule has 0 radical (unpaired) electrons. The zero-order chi connectivity index (χ0) is 18.0. The lowest BCUT2D eigenvalue weighted by molar-refractivity contribution is -0.138. The molecule has 2 heterocycles. The van der Waals surface area contributed by atoms with Gasteiger partial charge >= 0.3 is 5.97 Å². The third-order valence-corrected chi connectivity index (χ3v) is 3.94. The van der Waals surface area contributed by atoms with Crippen LogP contribution in [0.15, 0.2) is 40.7 Å². The van der Waals surface area contributed by atoms with Gasteiger partial charge in [-0.25, -0.2) is 9.79 Å². The molecule has 2 N–H and O–H groups in total. The molecule has 0 spiro atoms. The van der Waals surface area contributed by atoms with E-state index in [1.54, 1.807) is 25.0 Å². The van der Waals surface area contributed by atoms with Crippen LogP contribution in [0.2, 0.25) is 0 Å². The molecule has 0 aliphatic carbocycles. The Bertz CT molecular complexity index is 777. The standard InChI is InChI=1S/C16H17ClN4O4/c1-3-25-15(23)13-12-14(20-16(17)19-13)21(8-11(22)18-12)9-6-4-5-7-10(9)24-2/h4-7,14H,3,8H2,1-2H3,(H,18,22)(H,19,20). The molecule has 0 aromatic heterocycles. The monoisotopic (exact) mass is 364 g/mol. The smallest absolute Gasteiger partial charge is 0.356 e. The summed E-state index contributed by atoms with van der Waals surface area (Å²) in [5, 5.41) is 5.40. The molecule has 1 saturated heterocycles. The molecule has 0 saturated carbocycles. The van der Waals surface area contributed by atoms with E-state index in [9.17, 15) is 9.59 Å². The first-order valence-corrected chi connectivity index (χ1v) is 8.04. The van der Waals surface area contributed by atoms with Crippen molar-refractivity contribution in [3.63, 3.8) is 0 Å². The van der Waals surface area contributed by atoms with Crippen LogP contribution in [0.4, 0.5) is 5.69 Å². The molecule has 8 nitrogen and oxygen atoms in total. The summed E-state index contributed by atoms with van der Waals surface area (Å²) in [6, 6.07) is 7.24. The number of benzene rings is 1. The highest BCUT2D eigenvalue weighted by Gasteiger charge is 2.39. The van der Waals surface area contributed by atoms with Crippen LogP contribution in [0.5, 0.6) is 5.75 Å². The SMILES string of the molecule is CCOC(=O)C1=C2NC(=O)CN(c3ccccc3OC)C2N=C(Cl)N1. The number of rotatable bonds is 4. The number of hydrogen-bond donors (Lipinski definition) is 2. The minimum Gasteiger partial charge on any atom is -0.495 e. The summed E-state index contributed by atoms with van der Waals surface area (Å²) in [7, 11) is 1.54. The number of nitrogens with zero attached hydrogens (tertiary/aromatic N) is 2. The van der Waals surface area contributed by atoms with E-state index in [1.165, 1.54) is 0 Å². The zero-order valence-corrected chi connectivity index (χ0v) is 14.5. The van der Waals surface area contributed by atoms with Gasteiger partial charge in [-0.2, -0.15) is 0 Å². The summed E-state index contributed by atoms with van der Waals surface area (Å²) < 4.78 is 10.4. The molecular weight excluding hydrogens is 348 g/mol. The first-order valence-electron chi connectivity index (χ1n) is 7.66. The Morgan fingerprint density at radius 3 is 2.88 bits per heavy atom. The van der Waals surface area contributed by atoms with E-state index in [4.69, 9.17) is 21.1 Å². The quantitative estimate of drug-likeness (QED) is 0.610. The lowest BCUT2D eigenvalue weighted by atomic mass is 10.1. The molecule has 3 rings (SSSR count). The summed E-state index contributed by atoms with van der Waals surface area (Å²) in [4.78, 5) is 30.5. The minimum absolute atomic E-state index is 0.0350. The molecule has 1 amide bonds. The molecule has 1 atom stereocenters. The zero-order valence-electron chi connectivity index (χ0n) is 13.7. The lowest BCUT2D eigenvalue weighted by Gasteiger charge is -2.39. The fraction of sp³-hybridized carbons (Fsp3) is 0.312. The first kappa shape index (κ1) is 17.1. The number of hydrogen-bond acceptors (Lipinski definition) is 7. The topological polar surface area (TPSA) is 92.3 Å². The van der Waals surface area contributed by atoms with Gasteiger partial charge in [0.05, 0.1) is 31.6 Å². The molecule has 9 heteroatoms. The Morgan fingerprint density at radius 2 is 2.16 bits per heavy atom. The molecule has 1 unspecified atom stereocenters. The fourth-order valence-electron chi connectivity index (χ4n) is 2.74. The maximum atomic E-state index is 12.2. The van der Waals surface area contributed by atoms with Gasteiger partial charge in [0.2, 0.25) is 5.91 Å².